The third-order valence-electron chi connectivity index (χ3n) is 2.11. The maximum absolute atomic E-state index is 11.1. The summed E-state index contributed by atoms with van der Waals surface area (Å²) >= 11 is 0. The molecule has 0 bridgehead atoms. The first-order valence-corrected chi connectivity index (χ1v) is 3.88. The Morgan fingerprint density at radius 3 is 2.64 bits per heavy atom. The standard InChI is InChI=1S/C8H10O6/c1-4(2-6(10)11)8(13)5(9)3-14-7(8)12/h2,5,9,13H,3H2,1H3,(H,10,11)/b4-2+. The van der Waals surface area contributed by atoms with Gasteiger partial charge < -0.3 is 20.1 Å². The number of esters is 1. The van der Waals surface area contributed by atoms with Crippen molar-refractivity contribution in [2.45, 2.75) is 18.6 Å². The van der Waals surface area contributed by atoms with Gasteiger partial charge in [0.05, 0.1) is 0 Å². The van der Waals surface area contributed by atoms with Crippen molar-refractivity contribution in [2.24, 2.45) is 0 Å². The molecule has 1 saturated heterocycles. The Morgan fingerprint density at radius 1 is 1.71 bits per heavy atom. The van der Waals surface area contributed by atoms with Crippen LogP contribution in [-0.4, -0.2) is 45.6 Å². The lowest BCUT2D eigenvalue weighted by Crippen LogP contribution is -2.45. The lowest BCUT2D eigenvalue weighted by atomic mass is 9.91. The lowest BCUT2D eigenvalue weighted by molar-refractivity contribution is -0.152. The third-order valence-corrected chi connectivity index (χ3v) is 2.11. The quantitative estimate of drug-likeness (QED) is 0.378. The van der Waals surface area contributed by atoms with E-state index in [0.717, 1.165) is 0 Å². The minimum atomic E-state index is -2.22. The molecular formula is C8H10O6. The Kier molecular flexibility index (Phi) is 2.59. The summed E-state index contributed by atoms with van der Waals surface area (Å²) < 4.78 is 4.41. The second-order valence-corrected chi connectivity index (χ2v) is 3.05. The van der Waals surface area contributed by atoms with Gasteiger partial charge in [-0.25, -0.2) is 9.59 Å². The summed E-state index contributed by atoms with van der Waals surface area (Å²) in [7, 11) is 0. The van der Waals surface area contributed by atoms with Gasteiger partial charge in [-0.1, -0.05) is 0 Å². The van der Waals surface area contributed by atoms with Crippen LogP contribution in [0.5, 0.6) is 0 Å². The first-order valence-electron chi connectivity index (χ1n) is 3.88. The second kappa shape index (κ2) is 3.39. The molecule has 1 fully saturated rings. The molecule has 2 atom stereocenters. The van der Waals surface area contributed by atoms with Gasteiger partial charge in [-0.2, -0.15) is 0 Å². The fourth-order valence-electron chi connectivity index (χ4n) is 1.24. The molecule has 6 heteroatoms. The molecule has 0 saturated carbocycles. The van der Waals surface area contributed by atoms with Crippen LogP contribution in [0.4, 0.5) is 0 Å². The number of aliphatic hydroxyl groups excluding tert-OH is 1. The summed E-state index contributed by atoms with van der Waals surface area (Å²) in [5.41, 5.74) is -2.38. The van der Waals surface area contributed by atoms with Crippen molar-refractivity contribution in [3.8, 4) is 0 Å². The number of carboxylic acids is 1. The highest BCUT2D eigenvalue weighted by Crippen LogP contribution is 2.28. The van der Waals surface area contributed by atoms with E-state index in [1.165, 1.54) is 6.92 Å². The lowest BCUT2D eigenvalue weighted by Gasteiger charge is -2.21. The minimum absolute atomic E-state index is 0.153. The van der Waals surface area contributed by atoms with Crippen molar-refractivity contribution in [2.75, 3.05) is 6.61 Å². The van der Waals surface area contributed by atoms with E-state index >= 15 is 0 Å². The summed E-state index contributed by atoms with van der Waals surface area (Å²) in [6.07, 6.45) is -0.763. The second-order valence-electron chi connectivity index (χ2n) is 3.05. The Labute approximate surface area is 79.4 Å². The monoisotopic (exact) mass is 202 g/mol. The van der Waals surface area contributed by atoms with Gasteiger partial charge in [0.15, 0.2) is 0 Å². The maximum atomic E-state index is 11.1. The normalized spacial score (nSPS) is 32.9. The molecule has 0 spiro atoms. The third kappa shape index (κ3) is 1.49. The number of rotatable bonds is 2. The maximum Gasteiger partial charge on any atom is 0.345 e. The van der Waals surface area contributed by atoms with E-state index in [2.05, 4.69) is 4.74 Å². The first-order chi connectivity index (χ1) is 6.39. The molecule has 78 valence electrons. The molecule has 1 aliphatic heterocycles. The molecule has 14 heavy (non-hydrogen) atoms. The van der Waals surface area contributed by atoms with Crippen LogP contribution in [0.15, 0.2) is 11.6 Å². The topological polar surface area (TPSA) is 104 Å². The van der Waals surface area contributed by atoms with Gasteiger partial charge >= 0.3 is 11.9 Å². The van der Waals surface area contributed by atoms with Crippen LogP contribution >= 0.6 is 0 Å². The number of aliphatic carboxylic acids is 1. The molecule has 1 heterocycles. The van der Waals surface area contributed by atoms with Gasteiger partial charge in [-0.05, 0) is 12.5 Å². The molecule has 0 aliphatic carbocycles. The van der Waals surface area contributed by atoms with E-state index in [0.29, 0.717) is 6.08 Å². The highest BCUT2D eigenvalue weighted by Gasteiger charge is 2.52. The largest absolute Gasteiger partial charge is 0.478 e. The van der Waals surface area contributed by atoms with Crippen LogP contribution in [0.1, 0.15) is 6.92 Å². The van der Waals surface area contributed by atoms with Crippen molar-refractivity contribution in [1.82, 2.24) is 0 Å². The number of aliphatic hydroxyl groups is 2. The molecule has 6 nitrogen and oxygen atoms in total. The summed E-state index contributed by atoms with van der Waals surface area (Å²) in [5.74, 6) is -2.33. The molecule has 0 aromatic rings. The summed E-state index contributed by atoms with van der Waals surface area (Å²) in [6.45, 7) is 0.907. The average Bonchev–Trinajstić information content (AvgIpc) is 2.33. The Morgan fingerprint density at radius 2 is 2.29 bits per heavy atom. The van der Waals surface area contributed by atoms with E-state index in [9.17, 15) is 19.8 Å². The predicted octanol–water partition coefficient (Wildman–Crippen LogP) is -1.33. The van der Waals surface area contributed by atoms with Gasteiger partial charge in [0.25, 0.3) is 0 Å². The van der Waals surface area contributed by atoms with Crippen LogP contribution in [0.25, 0.3) is 0 Å². The zero-order valence-corrected chi connectivity index (χ0v) is 7.43. The van der Waals surface area contributed by atoms with Gasteiger partial charge in [0.1, 0.15) is 12.7 Å². The van der Waals surface area contributed by atoms with Crippen molar-refractivity contribution in [1.29, 1.82) is 0 Å². The Balaban J connectivity index is 3.04. The van der Waals surface area contributed by atoms with Crippen molar-refractivity contribution in [3.63, 3.8) is 0 Å². The number of carboxylic acid groups (broad SMARTS) is 1. The molecule has 2 unspecified atom stereocenters. The van der Waals surface area contributed by atoms with E-state index in [1.54, 1.807) is 0 Å². The molecule has 0 radical (unpaired) electrons. The molecule has 0 amide bonds. The molecular weight excluding hydrogens is 192 g/mol. The van der Waals surface area contributed by atoms with E-state index in [1.807, 2.05) is 0 Å². The van der Waals surface area contributed by atoms with Gasteiger partial charge in [0, 0.05) is 6.08 Å². The van der Waals surface area contributed by atoms with E-state index in [4.69, 9.17) is 5.11 Å². The molecule has 1 aliphatic rings. The first kappa shape index (κ1) is 10.7. The van der Waals surface area contributed by atoms with Gasteiger partial charge in [-0.3, -0.25) is 0 Å². The highest BCUT2D eigenvalue weighted by molar-refractivity contribution is 5.89. The molecule has 0 aromatic carbocycles. The fraction of sp³-hybridized carbons (Fsp3) is 0.500. The number of hydrogen-bond donors (Lipinski definition) is 3. The summed E-state index contributed by atoms with van der Waals surface area (Å²) in [4.78, 5) is 21.4. The van der Waals surface area contributed by atoms with Crippen LogP contribution in [-0.2, 0) is 14.3 Å². The highest BCUT2D eigenvalue weighted by atomic mass is 16.6. The zero-order chi connectivity index (χ0) is 10.9. The number of carbonyl (C=O) groups is 2. The SMILES string of the molecule is C/C(=C\C(=O)O)C1(O)C(=O)OCC1O. The van der Waals surface area contributed by atoms with Gasteiger partial charge in [-0.15, -0.1) is 0 Å². The van der Waals surface area contributed by atoms with Crippen LogP contribution in [0.3, 0.4) is 0 Å². The summed E-state index contributed by atoms with van der Waals surface area (Å²) in [5, 5.41) is 27.4. The molecule has 1 rings (SSSR count). The van der Waals surface area contributed by atoms with E-state index in [-0.39, 0.29) is 12.2 Å². The predicted molar refractivity (Wildman–Crippen MR) is 43.3 cm³/mol. The van der Waals surface area contributed by atoms with Crippen LogP contribution < -0.4 is 0 Å². The Hall–Kier alpha value is -1.40. The number of carbonyl (C=O) groups excluding carboxylic acids is 1. The van der Waals surface area contributed by atoms with E-state index < -0.39 is 23.6 Å². The average molecular weight is 202 g/mol. The number of ether oxygens (including phenoxy) is 1. The minimum Gasteiger partial charge on any atom is -0.478 e. The van der Waals surface area contributed by atoms with Crippen molar-refractivity contribution in [3.05, 3.63) is 11.6 Å². The zero-order valence-electron chi connectivity index (χ0n) is 7.43. The van der Waals surface area contributed by atoms with Crippen LogP contribution in [0, 0.1) is 0 Å². The fourth-order valence-corrected chi connectivity index (χ4v) is 1.24. The van der Waals surface area contributed by atoms with Crippen molar-refractivity contribution >= 4 is 11.9 Å². The Bertz CT molecular complexity index is 307. The van der Waals surface area contributed by atoms with Crippen molar-refractivity contribution < 1.29 is 29.6 Å². The summed E-state index contributed by atoms with van der Waals surface area (Å²) in [6, 6.07) is 0. The molecule has 3 N–H and O–H groups in total. The van der Waals surface area contributed by atoms with Crippen LogP contribution in [0.2, 0.25) is 0 Å². The van der Waals surface area contributed by atoms with Gasteiger partial charge in [0.2, 0.25) is 5.60 Å². The smallest absolute Gasteiger partial charge is 0.345 e. The number of cyclic esters (lactones) is 1. The number of hydrogen-bond acceptors (Lipinski definition) is 5. The molecule has 0 aromatic heterocycles.